The molecule has 6 nitrogen and oxygen atoms in total. The molecule has 1 fully saturated rings. The van der Waals surface area contributed by atoms with Gasteiger partial charge in [0.05, 0.1) is 5.52 Å². The number of anilines is 1. The zero-order valence-corrected chi connectivity index (χ0v) is 16.7. The number of rotatable bonds is 5. The maximum atomic E-state index is 13.1. The fraction of sp³-hybridized carbons (Fsp3) is 0.381. The van der Waals surface area contributed by atoms with Crippen molar-refractivity contribution in [3.05, 3.63) is 48.3 Å². The van der Waals surface area contributed by atoms with E-state index in [1.807, 2.05) is 28.9 Å². The summed E-state index contributed by atoms with van der Waals surface area (Å²) >= 11 is -1.13. The first-order valence-electron chi connectivity index (χ1n) is 9.68. The Labute approximate surface area is 167 Å². The van der Waals surface area contributed by atoms with Crippen LogP contribution < -0.4 is 5.32 Å². The van der Waals surface area contributed by atoms with Gasteiger partial charge >= 0.3 is 0 Å². The molecule has 4 rings (SSSR count). The Morgan fingerprint density at radius 1 is 1.25 bits per heavy atom. The lowest BCUT2D eigenvalue weighted by molar-refractivity contribution is 0.101. The Hall–Kier alpha value is -2.38. The van der Waals surface area contributed by atoms with Crippen molar-refractivity contribution >= 4 is 33.8 Å². The molecule has 28 heavy (non-hydrogen) atoms. The molecule has 1 atom stereocenters. The standard InChI is InChI=1S/C21H24N4O2S/c1-28(27)16-11-12-22-19(13-16)23-21(26)20-17-9-5-6-10-18(17)24-25(20)14-15-7-3-2-4-8-15/h5-6,9-13,15H,2-4,7-8,14H2,1H3,(H,22,23,26)/t28-/m1/s1. The highest BCUT2D eigenvalue weighted by atomic mass is 32.2. The van der Waals surface area contributed by atoms with Crippen molar-refractivity contribution in [2.24, 2.45) is 5.92 Å². The number of hydrogen-bond donors (Lipinski definition) is 1. The van der Waals surface area contributed by atoms with E-state index in [2.05, 4.69) is 10.3 Å². The SMILES string of the molecule is C[S@@+]([O-])c1ccnc(NC(=O)c2c3ccccc3nn2CC2CCCCC2)c1. The first-order valence-corrected chi connectivity index (χ1v) is 11.2. The highest BCUT2D eigenvalue weighted by Gasteiger charge is 2.22. The monoisotopic (exact) mass is 396 g/mol. The van der Waals surface area contributed by atoms with Gasteiger partial charge in [0.15, 0.2) is 4.90 Å². The summed E-state index contributed by atoms with van der Waals surface area (Å²) in [6.45, 7) is 0.754. The minimum Gasteiger partial charge on any atom is -0.612 e. The summed E-state index contributed by atoms with van der Waals surface area (Å²) in [5, 5.41) is 8.41. The van der Waals surface area contributed by atoms with Crippen LogP contribution in [0.3, 0.4) is 0 Å². The van der Waals surface area contributed by atoms with Gasteiger partial charge in [-0.2, -0.15) is 5.10 Å². The van der Waals surface area contributed by atoms with E-state index >= 15 is 0 Å². The molecule has 1 aromatic carbocycles. The number of nitrogens with zero attached hydrogens (tertiary/aromatic N) is 3. The molecule has 2 aromatic heterocycles. The Bertz CT molecular complexity index is 979. The van der Waals surface area contributed by atoms with Crippen molar-refractivity contribution in [1.29, 1.82) is 0 Å². The van der Waals surface area contributed by atoms with Crippen molar-refractivity contribution < 1.29 is 9.35 Å². The van der Waals surface area contributed by atoms with Crippen LogP contribution in [0.2, 0.25) is 0 Å². The van der Waals surface area contributed by atoms with E-state index < -0.39 is 11.2 Å². The second kappa shape index (κ2) is 8.32. The summed E-state index contributed by atoms with van der Waals surface area (Å²) in [7, 11) is 0. The van der Waals surface area contributed by atoms with Gasteiger partial charge in [0.2, 0.25) is 0 Å². The van der Waals surface area contributed by atoms with Crippen LogP contribution in [0.1, 0.15) is 42.6 Å². The quantitative estimate of drug-likeness (QED) is 0.661. The van der Waals surface area contributed by atoms with E-state index in [1.165, 1.54) is 32.1 Å². The van der Waals surface area contributed by atoms with E-state index in [4.69, 9.17) is 5.10 Å². The lowest BCUT2D eigenvalue weighted by Crippen LogP contribution is -2.22. The predicted molar refractivity (Wildman–Crippen MR) is 111 cm³/mol. The molecule has 0 aliphatic heterocycles. The summed E-state index contributed by atoms with van der Waals surface area (Å²) in [5.41, 5.74) is 1.38. The molecule has 1 aliphatic rings. The molecule has 1 aliphatic carbocycles. The molecule has 0 radical (unpaired) electrons. The lowest BCUT2D eigenvalue weighted by Gasteiger charge is -2.22. The number of hydrogen-bond acceptors (Lipinski definition) is 4. The molecular weight excluding hydrogens is 372 g/mol. The van der Waals surface area contributed by atoms with Crippen LogP contribution in [0.15, 0.2) is 47.5 Å². The van der Waals surface area contributed by atoms with Gasteiger partial charge in [-0.15, -0.1) is 0 Å². The van der Waals surface area contributed by atoms with Crippen molar-refractivity contribution in [3.63, 3.8) is 0 Å². The van der Waals surface area contributed by atoms with Crippen LogP contribution in [0.5, 0.6) is 0 Å². The maximum Gasteiger partial charge on any atom is 0.275 e. The number of nitrogens with one attached hydrogen (secondary N) is 1. The number of aromatic nitrogens is 3. The summed E-state index contributed by atoms with van der Waals surface area (Å²) in [6.07, 6.45) is 9.32. The Morgan fingerprint density at radius 2 is 2.04 bits per heavy atom. The second-order valence-electron chi connectivity index (χ2n) is 7.34. The van der Waals surface area contributed by atoms with Gasteiger partial charge in [-0.3, -0.25) is 9.48 Å². The first kappa shape index (κ1) is 19.0. The van der Waals surface area contributed by atoms with Gasteiger partial charge in [0.25, 0.3) is 5.91 Å². The van der Waals surface area contributed by atoms with Crippen molar-refractivity contribution in [1.82, 2.24) is 14.8 Å². The van der Waals surface area contributed by atoms with Crippen molar-refractivity contribution in [2.45, 2.75) is 43.5 Å². The smallest absolute Gasteiger partial charge is 0.275 e. The lowest BCUT2D eigenvalue weighted by atomic mass is 9.89. The third-order valence-electron chi connectivity index (χ3n) is 5.32. The third-order valence-corrected chi connectivity index (χ3v) is 6.24. The largest absolute Gasteiger partial charge is 0.612 e. The summed E-state index contributed by atoms with van der Waals surface area (Å²) in [6, 6.07) is 11.1. The molecule has 1 N–H and O–H groups in total. The molecule has 2 heterocycles. The number of carbonyl (C=O) groups excluding carboxylic acids is 1. The predicted octanol–water partition coefficient (Wildman–Crippen LogP) is 4.00. The topological polar surface area (TPSA) is 82.9 Å². The number of fused-ring (bicyclic) bond motifs is 1. The van der Waals surface area contributed by atoms with E-state index in [0.717, 1.165) is 17.4 Å². The fourth-order valence-electron chi connectivity index (χ4n) is 3.90. The maximum absolute atomic E-state index is 13.1. The number of pyridine rings is 1. The highest BCUT2D eigenvalue weighted by Crippen LogP contribution is 2.27. The molecular formula is C21H24N4O2S. The van der Waals surface area contributed by atoms with Crippen LogP contribution in [0, 0.1) is 5.92 Å². The van der Waals surface area contributed by atoms with E-state index in [1.54, 1.807) is 24.6 Å². The zero-order chi connectivity index (χ0) is 19.5. The van der Waals surface area contributed by atoms with Crippen LogP contribution >= 0.6 is 0 Å². The van der Waals surface area contributed by atoms with Crippen LogP contribution in [-0.2, 0) is 17.7 Å². The Kier molecular flexibility index (Phi) is 5.64. The van der Waals surface area contributed by atoms with Gasteiger partial charge in [0, 0.05) is 30.3 Å². The molecule has 0 unspecified atom stereocenters. The molecule has 0 spiro atoms. The first-order chi connectivity index (χ1) is 13.6. The van der Waals surface area contributed by atoms with E-state index in [-0.39, 0.29) is 5.91 Å². The Balaban J connectivity index is 1.65. The molecule has 7 heteroatoms. The van der Waals surface area contributed by atoms with Crippen LogP contribution in [0.4, 0.5) is 5.82 Å². The normalized spacial score (nSPS) is 16.2. The molecule has 3 aromatic rings. The average Bonchev–Trinajstić information content (AvgIpc) is 3.06. The zero-order valence-electron chi connectivity index (χ0n) is 15.9. The summed E-state index contributed by atoms with van der Waals surface area (Å²) < 4.78 is 13.6. The van der Waals surface area contributed by atoms with E-state index in [0.29, 0.717) is 22.3 Å². The number of benzene rings is 1. The minimum atomic E-state index is -1.13. The fourth-order valence-corrected chi connectivity index (χ4v) is 4.43. The second-order valence-corrected chi connectivity index (χ2v) is 8.72. The van der Waals surface area contributed by atoms with Crippen molar-refractivity contribution in [3.8, 4) is 0 Å². The summed E-state index contributed by atoms with van der Waals surface area (Å²) in [5.74, 6) is 0.710. The van der Waals surface area contributed by atoms with Gasteiger partial charge in [0.1, 0.15) is 17.8 Å². The highest BCUT2D eigenvalue weighted by molar-refractivity contribution is 7.90. The van der Waals surface area contributed by atoms with Gasteiger partial charge < -0.3 is 9.87 Å². The number of carbonyl (C=O) groups is 1. The molecule has 0 saturated heterocycles. The third kappa shape index (κ3) is 4.05. The Morgan fingerprint density at radius 3 is 2.82 bits per heavy atom. The average molecular weight is 397 g/mol. The van der Waals surface area contributed by atoms with Gasteiger partial charge in [-0.1, -0.05) is 37.5 Å². The van der Waals surface area contributed by atoms with Gasteiger partial charge in [-0.05, 0) is 36.0 Å². The van der Waals surface area contributed by atoms with Gasteiger partial charge in [-0.25, -0.2) is 4.98 Å². The van der Waals surface area contributed by atoms with E-state index in [9.17, 15) is 9.35 Å². The number of amides is 1. The molecule has 1 saturated carbocycles. The molecule has 1 amide bonds. The molecule has 146 valence electrons. The van der Waals surface area contributed by atoms with Crippen molar-refractivity contribution in [2.75, 3.05) is 11.6 Å². The van der Waals surface area contributed by atoms with Crippen LogP contribution in [-0.4, -0.2) is 31.5 Å². The molecule has 0 bridgehead atoms. The minimum absolute atomic E-state index is 0.240. The summed E-state index contributed by atoms with van der Waals surface area (Å²) in [4.78, 5) is 18.0. The van der Waals surface area contributed by atoms with Crippen LogP contribution in [0.25, 0.3) is 10.9 Å².